The van der Waals surface area contributed by atoms with E-state index in [0.717, 1.165) is 4.34 Å². The lowest BCUT2D eigenvalue weighted by atomic mass is 10.3. The van der Waals surface area contributed by atoms with Gasteiger partial charge in [-0.3, -0.25) is 10.1 Å². The average Bonchev–Trinajstić information content (AvgIpc) is 2.94. The van der Waals surface area contributed by atoms with Crippen LogP contribution < -0.4 is 10.6 Å². The van der Waals surface area contributed by atoms with Crippen LogP contribution in [0.2, 0.25) is 0 Å². The Morgan fingerprint density at radius 1 is 1.38 bits per heavy atom. The maximum Gasteiger partial charge on any atom is 0.325 e. The smallest absolute Gasteiger partial charge is 0.305 e. The molecule has 0 aliphatic heterocycles. The van der Waals surface area contributed by atoms with Crippen molar-refractivity contribution in [1.82, 2.24) is 10.3 Å². The molecule has 2 N–H and O–H groups in total. The molecular weight excluding hydrogens is 313 g/mol. The first-order chi connectivity index (χ1) is 10.1. The predicted molar refractivity (Wildman–Crippen MR) is 81.0 cm³/mol. The first kappa shape index (κ1) is 15.5. The second-order valence-electron chi connectivity index (χ2n) is 3.98. The topological polar surface area (TPSA) is 71.1 Å². The number of para-hydroxylation sites is 1. The van der Waals surface area contributed by atoms with Crippen LogP contribution >= 0.6 is 23.1 Å². The van der Waals surface area contributed by atoms with E-state index < -0.39 is 23.0 Å². The van der Waals surface area contributed by atoms with Crippen LogP contribution in [0.25, 0.3) is 0 Å². The van der Waals surface area contributed by atoms with Gasteiger partial charge in [0.2, 0.25) is 5.91 Å². The number of carbonyl (C=O) groups excluding carboxylic acids is 2. The Bertz CT molecular complexity index is 634. The minimum atomic E-state index is -0.767. The highest BCUT2D eigenvalue weighted by molar-refractivity contribution is 8.02. The van der Waals surface area contributed by atoms with E-state index in [1.54, 1.807) is 24.6 Å². The lowest BCUT2D eigenvalue weighted by molar-refractivity contribution is -0.119. The summed E-state index contributed by atoms with van der Waals surface area (Å²) < 4.78 is 14.1. The van der Waals surface area contributed by atoms with E-state index in [2.05, 4.69) is 15.6 Å². The monoisotopic (exact) mass is 325 g/mol. The molecule has 2 aromatic rings. The van der Waals surface area contributed by atoms with E-state index in [9.17, 15) is 14.0 Å². The summed E-state index contributed by atoms with van der Waals surface area (Å²) in [6, 6.07) is 4.96. The first-order valence-corrected chi connectivity index (χ1v) is 7.74. The molecule has 5 nitrogen and oxygen atoms in total. The number of nitrogens with zero attached hydrogens (tertiary/aromatic N) is 1. The molecule has 1 aromatic carbocycles. The molecule has 3 amide bonds. The summed E-state index contributed by atoms with van der Waals surface area (Å²) in [4.78, 5) is 27.5. The highest BCUT2D eigenvalue weighted by Gasteiger charge is 2.18. The molecular formula is C13H12FN3O2S2. The van der Waals surface area contributed by atoms with Crippen LogP contribution in [-0.2, 0) is 4.79 Å². The van der Waals surface area contributed by atoms with Gasteiger partial charge < -0.3 is 5.32 Å². The fourth-order valence-electron chi connectivity index (χ4n) is 1.40. The molecule has 8 heteroatoms. The van der Waals surface area contributed by atoms with Crippen molar-refractivity contribution in [3.8, 4) is 0 Å². The third kappa shape index (κ3) is 4.54. The second kappa shape index (κ2) is 7.19. The number of hydrogen-bond donors (Lipinski definition) is 2. The van der Waals surface area contributed by atoms with Crippen molar-refractivity contribution >= 4 is 40.7 Å². The summed E-state index contributed by atoms with van der Waals surface area (Å²) in [5, 5.41) is 5.77. The zero-order valence-electron chi connectivity index (χ0n) is 11.0. The van der Waals surface area contributed by atoms with E-state index in [1.165, 1.54) is 41.3 Å². The second-order valence-corrected chi connectivity index (χ2v) is 6.46. The number of anilines is 1. The van der Waals surface area contributed by atoms with Gasteiger partial charge in [-0.2, -0.15) is 0 Å². The number of imide groups is 1. The summed E-state index contributed by atoms with van der Waals surface area (Å²) in [6.45, 7) is 1.66. The van der Waals surface area contributed by atoms with Crippen LogP contribution in [0.15, 0.2) is 40.2 Å². The summed E-state index contributed by atoms with van der Waals surface area (Å²) >= 11 is 2.66. The van der Waals surface area contributed by atoms with Crippen molar-refractivity contribution in [2.75, 3.05) is 5.32 Å². The number of nitrogens with one attached hydrogen (secondary N) is 2. The fourth-order valence-corrected chi connectivity index (χ4v) is 3.17. The highest BCUT2D eigenvalue weighted by atomic mass is 32.2. The van der Waals surface area contributed by atoms with Crippen molar-refractivity contribution in [2.45, 2.75) is 16.5 Å². The molecule has 0 saturated heterocycles. The van der Waals surface area contributed by atoms with Crippen LogP contribution in [0.1, 0.15) is 6.92 Å². The van der Waals surface area contributed by atoms with Crippen LogP contribution in [0.3, 0.4) is 0 Å². The summed E-state index contributed by atoms with van der Waals surface area (Å²) in [7, 11) is 0. The van der Waals surface area contributed by atoms with Gasteiger partial charge in [-0.05, 0) is 19.1 Å². The number of carbonyl (C=O) groups is 2. The molecule has 2 rings (SSSR count). The van der Waals surface area contributed by atoms with Crippen molar-refractivity contribution < 1.29 is 14.0 Å². The minimum Gasteiger partial charge on any atom is -0.305 e. The number of urea groups is 1. The molecule has 0 fully saturated rings. The molecule has 0 aliphatic rings. The Morgan fingerprint density at radius 3 is 2.81 bits per heavy atom. The van der Waals surface area contributed by atoms with Crippen LogP contribution in [-0.4, -0.2) is 22.2 Å². The van der Waals surface area contributed by atoms with E-state index in [1.807, 2.05) is 0 Å². The lowest BCUT2D eigenvalue weighted by Crippen LogP contribution is -2.39. The van der Waals surface area contributed by atoms with Crippen molar-refractivity contribution in [3.63, 3.8) is 0 Å². The zero-order valence-corrected chi connectivity index (χ0v) is 12.6. The number of hydrogen-bond acceptors (Lipinski definition) is 5. The Kier molecular flexibility index (Phi) is 5.29. The first-order valence-electron chi connectivity index (χ1n) is 5.99. The zero-order chi connectivity index (χ0) is 15.2. The number of thioether (sulfide) groups is 1. The summed E-state index contributed by atoms with van der Waals surface area (Å²) in [5.41, 5.74) is 0.0167. The lowest BCUT2D eigenvalue weighted by Gasteiger charge is -2.10. The maximum absolute atomic E-state index is 13.4. The average molecular weight is 325 g/mol. The quantitative estimate of drug-likeness (QED) is 0.847. The summed E-state index contributed by atoms with van der Waals surface area (Å²) in [5.74, 6) is -1.03. The minimum absolute atomic E-state index is 0.0167. The van der Waals surface area contributed by atoms with Gasteiger partial charge in [-0.1, -0.05) is 23.9 Å². The number of thiazole rings is 1. The number of rotatable bonds is 4. The predicted octanol–water partition coefficient (Wildman–Crippen LogP) is 3.11. The van der Waals surface area contributed by atoms with Crippen molar-refractivity contribution in [3.05, 3.63) is 41.7 Å². The van der Waals surface area contributed by atoms with Crippen LogP contribution in [0, 0.1) is 5.82 Å². The van der Waals surface area contributed by atoms with Crippen LogP contribution in [0.5, 0.6) is 0 Å². The largest absolute Gasteiger partial charge is 0.325 e. The standard InChI is InChI=1S/C13H12FN3O2S2/c1-8(21-13-15-6-7-20-13)11(18)17-12(19)16-10-5-3-2-4-9(10)14/h2-8H,1H3,(H2,16,17,18,19). The van der Waals surface area contributed by atoms with Gasteiger partial charge in [0.1, 0.15) is 5.82 Å². The van der Waals surface area contributed by atoms with Crippen molar-refractivity contribution in [1.29, 1.82) is 0 Å². The van der Waals surface area contributed by atoms with Gasteiger partial charge in [0, 0.05) is 11.6 Å². The molecule has 0 aliphatic carbocycles. The van der Waals surface area contributed by atoms with Gasteiger partial charge in [-0.25, -0.2) is 14.2 Å². The Morgan fingerprint density at radius 2 is 2.14 bits per heavy atom. The van der Waals surface area contributed by atoms with E-state index in [0.29, 0.717) is 0 Å². The molecule has 0 saturated carbocycles. The normalized spacial score (nSPS) is 11.7. The van der Waals surface area contributed by atoms with Crippen LogP contribution in [0.4, 0.5) is 14.9 Å². The van der Waals surface area contributed by atoms with Crippen molar-refractivity contribution in [2.24, 2.45) is 0 Å². The molecule has 1 atom stereocenters. The maximum atomic E-state index is 13.4. The Hall–Kier alpha value is -1.93. The fraction of sp³-hybridized carbons (Fsp3) is 0.154. The molecule has 1 unspecified atom stereocenters. The third-order valence-electron chi connectivity index (χ3n) is 2.42. The Labute approximate surface area is 129 Å². The van der Waals surface area contributed by atoms with Gasteiger partial charge >= 0.3 is 6.03 Å². The third-order valence-corrected chi connectivity index (χ3v) is 4.43. The van der Waals surface area contributed by atoms with E-state index >= 15 is 0 Å². The highest BCUT2D eigenvalue weighted by Crippen LogP contribution is 2.24. The summed E-state index contributed by atoms with van der Waals surface area (Å²) in [6.07, 6.45) is 1.64. The molecule has 1 heterocycles. The van der Waals surface area contributed by atoms with Gasteiger partial charge in [0.15, 0.2) is 4.34 Å². The molecule has 110 valence electrons. The van der Waals surface area contributed by atoms with E-state index in [-0.39, 0.29) is 5.69 Å². The number of halogens is 1. The number of benzene rings is 1. The van der Waals surface area contributed by atoms with Gasteiger partial charge in [0.25, 0.3) is 0 Å². The Balaban J connectivity index is 1.87. The number of aromatic nitrogens is 1. The molecule has 0 bridgehead atoms. The van der Waals surface area contributed by atoms with Gasteiger partial charge in [0.05, 0.1) is 10.9 Å². The molecule has 0 radical (unpaired) electrons. The number of amides is 3. The molecule has 0 spiro atoms. The molecule has 21 heavy (non-hydrogen) atoms. The molecule has 1 aromatic heterocycles. The SMILES string of the molecule is CC(Sc1nccs1)C(=O)NC(=O)Nc1ccccc1F. The van der Waals surface area contributed by atoms with E-state index in [4.69, 9.17) is 0 Å². The van der Waals surface area contributed by atoms with Gasteiger partial charge in [-0.15, -0.1) is 11.3 Å².